The Bertz CT molecular complexity index is 1110. The fraction of sp³-hybridized carbons (Fsp3) is 0.538. The van der Waals surface area contributed by atoms with Crippen LogP contribution in [0, 0.1) is 0 Å². The van der Waals surface area contributed by atoms with Gasteiger partial charge in [0.1, 0.15) is 6.04 Å². The third-order valence-electron chi connectivity index (χ3n) is 7.04. The van der Waals surface area contributed by atoms with Gasteiger partial charge in [0.15, 0.2) is 0 Å². The van der Waals surface area contributed by atoms with Crippen molar-refractivity contribution in [1.82, 2.24) is 9.62 Å². The number of ether oxygens (including phenoxy) is 1. The second-order valence-electron chi connectivity index (χ2n) is 9.37. The highest BCUT2D eigenvalue weighted by molar-refractivity contribution is 7.89. The van der Waals surface area contributed by atoms with E-state index < -0.39 is 40.9 Å². The van der Waals surface area contributed by atoms with Crippen molar-refractivity contribution in [3.63, 3.8) is 0 Å². The van der Waals surface area contributed by atoms with Crippen LogP contribution in [0.3, 0.4) is 0 Å². The van der Waals surface area contributed by atoms with Crippen molar-refractivity contribution in [1.29, 1.82) is 0 Å². The molecule has 0 spiro atoms. The molecule has 2 heterocycles. The van der Waals surface area contributed by atoms with Crippen LogP contribution in [0.15, 0.2) is 48.5 Å². The standard InChI is InChI=1S/C26H33F3N2O3S/c1-2-35(32,33)30-23-13-14-31-24(23)17-19-8-7-11-21(16-19)22-12-4-3-9-20(22)10-5-6-15-34-18-25(31)26(27,28)29/h3-4,7-9,11-12,16,23-25,30H,2,5-6,10,13-15,17-18H2,1H3. The number of fused-ring (bicyclic) bond motifs is 5. The number of benzene rings is 2. The predicted molar refractivity (Wildman–Crippen MR) is 131 cm³/mol. The molecule has 2 aromatic rings. The summed E-state index contributed by atoms with van der Waals surface area (Å²) in [6.07, 6.45) is -1.55. The zero-order valence-electron chi connectivity index (χ0n) is 19.9. The molecule has 4 rings (SSSR count). The lowest BCUT2D eigenvalue weighted by Gasteiger charge is -2.36. The number of hydrogen-bond donors (Lipinski definition) is 1. The van der Waals surface area contributed by atoms with Gasteiger partial charge in [0.2, 0.25) is 10.0 Å². The molecule has 1 N–H and O–H groups in total. The lowest BCUT2D eigenvalue weighted by molar-refractivity contribution is -0.199. The summed E-state index contributed by atoms with van der Waals surface area (Å²) >= 11 is 0. The highest BCUT2D eigenvalue weighted by Crippen LogP contribution is 2.34. The van der Waals surface area contributed by atoms with Crippen LogP contribution < -0.4 is 4.72 Å². The minimum Gasteiger partial charge on any atom is -0.379 e. The van der Waals surface area contributed by atoms with Crippen molar-refractivity contribution in [2.24, 2.45) is 0 Å². The maximum absolute atomic E-state index is 14.2. The van der Waals surface area contributed by atoms with Gasteiger partial charge in [-0.05, 0) is 61.3 Å². The molecular weight excluding hydrogens is 477 g/mol. The van der Waals surface area contributed by atoms with E-state index in [1.807, 2.05) is 36.4 Å². The molecule has 0 amide bonds. The maximum atomic E-state index is 14.2. The Morgan fingerprint density at radius 3 is 2.69 bits per heavy atom. The van der Waals surface area contributed by atoms with Crippen molar-refractivity contribution in [2.45, 2.75) is 63.3 Å². The molecular formula is C26H33F3N2O3S. The van der Waals surface area contributed by atoms with Gasteiger partial charge in [-0.15, -0.1) is 0 Å². The molecule has 0 aromatic heterocycles. The molecule has 3 unspecified atom stereocenters. The van der Waals surface area contributed by atoms with Gasteiger partial charge in [-0.3, -0.25) is 4.90 Å². The third-order valence-corrected chi connectivity index (χ3v) is 8.46. The fourth-order valence-electron chi connectivity index (χ4n) is 5.20. The minimum atomic E-state index is -4.48. The molecule has 1 saturated heterocycles. The van der Waals surface area contributed by atoms with Gasteiger partial charge in [-0.25, -0.2) is 13.1 Å². The van der Waals surface area contributed by atoms with Gasteiger partial charge in [0.05, 0.1) is 12.4 Å². The summed E-state index contributed by atoms with van der Waals surface area (Å²) in [6, 6.07) is 13.0. The lowest BCUT2D eigenvalue weighted by Crippen LogP contribution is -2.55. The average molecular weight is 511 g/mol. The van der Waals surface area contributed by atoms with Gasteiger partial charge in [0, 0.05) is 25.2 Å². The summed E-state index contributed by atoms with van der Waals surface area (Å²) in [5, 5.41) is 0. The van der Waals surface area contributed by atoms with E-state index in [1.54, 1.807) is 0 Å². The van der Waals surface area contributed by atoms with Crippen LogP contribution in [0.5, 0.6) is 0 Å². The Hall–Kier alpha value is -1.94. The number of hydrogen-bond acceptors (Lipinski definition) is 4. The molecule has 0 aliphatic carbocycles. The van der Waals surface area contributed by atoms with E-state index in [4.69, 9.17) is 4.74 Å². The second-order valence-corrected chi connectivity index (χ2v) is 11.4. The van der Waals surface area contributed by atoms with E-state index in [-0.39, 0.29) is 18.9 Å². The Balaban J connectivity index is 1.73. The number of nitrogens with zero attached hydrogens (tertiary/aromatic N) is 1. The monoisotopic (exact) mass is 510 g/mol. The number of rotatable bonds is 3. The van der Waals surface area contributed by atoms with E-state index >= 15 is 0 Å². The number of sulfonamides is 1. The van der Waals surface area contributed by atoms with Crippen molar-refractivity contribution in [3.8, 4) is 11.1 Å². The SMILES string of the molecule is CCS(=O)(=O)NC1CCN2C1Cc1cccc(c1)-c1ccccc1CCCCOCC2C(F)(F)F. The number of nitrogens with one attached hydrogen (secondary N) is 1. The molecule has 1 fully saturated rings. The fourth-order valence-corrected chi connectivity index (χ4v) is 6.10. The van der Waals surface area contributed by atoms with Crippen molar-refractivity contribution >= 4 is 10.0 Å². The molecule has 2 aromatic carbocycles. The van der Waals surface area contributed by atoms with Crippen LogP contribution in [0.25, 0.3) is 11.1 Å². The van der Waals surface area contributed by atoms with Crippen molar-refractivity contribution < 1.29 is 26.3 Å². The van der Waals surface area contributed by atoms with Crippen molar-refractivity contribution in [2.75, 3.05) is 25.5 Å². The van der Waals surface area contributed by atoms with Gasteiger partial charge in [0.25, 0.3) is 0 Å². The van der Waals surface area contributed by atoms with Gasteiger partial charge in [-0.2, -0.15) is 13.2 Å². The topological polar surface area (TPSA) is 58.6 Å². The summed E-state index contributed by atoms with van der Waals surface area (Å²) in [5.74, 6) is -0.117. The first-order valence-electron chi connectivity index (χ1n) is 12.3. The largest absolute Gasteiger partial charge is 0.406 e. The second kappa shape index (κ2) is 11.0. The predicted octanol–water partition coefficient (Wildman–Crippen LogP) is 4.56. The van der Waals surface area contributed by atoms with Gasteiger partial charge >= 0.3 is 6.18 Å². The number of alkyl halides is 3. The van der Waals surface area contributed by atoms with Gasteiger partial charge < -0.3 is 4.74 Å². The third kappa shape index (κ3) is 6.44. The van der Waals surface area contributed by atoms with Crippen LogP contribution in [-0.2, 0) is 27.6 Å². The maximum Gasteiger partial charge on any atom is 0.406 e. The average Bonchev–Trinajstić information content (AvgIpc) is 3.18. The minimum absolute atomic E-state index is 0.117. The zero-order chi connectivity index (χ0) is 25.1. The molecule has 0 radical (unpaired) electrons. The summed E-state index contributed by atoms with van der Waals surface area (Å²) in [7, 11) is -3.57. The molecule has 9 heteroatoms. The molecule has 2 aliphatic heterocycles. The summed E-state index contributed by atoms with van der Waals surface area (Å²) in [5.41, 5.74) is 4.21. The molecule has 3 atom stereocenters. The molecule has 2 aliphatic rings. The quantitative estimate of drug-likeness (QED) is 0.658. The first-order valence-corrected chi connectivity index (χ1v) is 13.9. The van der Waals surface area contributed by atoms with Crippen LogP contribution >= 0.6 is 0 Å². The molecule has 0 saturated carbocycles. The Morgan fingerprint density at radius 1 is 1.11 bits per heavy atom. The lowest BCUT2D eigenvalue weighted by atomic mass is 9.93. The Morgan fingerprint density at radius 2 is 1.91 bits per heavy atom. The first kappa shape index (κ1) is 26.1. The molecule has 192 valence electrons. The smallest absolute Gasteiger partial charge is 0.379 e. The number of halogens is 3. The highest BCUT2D eigenvalue weighted by atomic mass is 32.2. The molecule has 35 heavy (non-hydrogen) atoms. The Labute approximate surface area is 205 Å². The van der Waals surface area contributed by atoms with Crippen LogP contribution in [0.4, 0.5) is 13.2 Å². The first-order chi connectivity index (χ1) is 16.7. The van der Waals surface area contributed by atoms with Crippen LogP contribution in [0.1, 0.15) is 37.3 Å². The van der Waals surface area contributed by atoms with Crippen LogP contribution in [0.2, 0.25) is 0 Å². The van der Waals surface area contributed by atoms with E-state index in [2.05, 4.69) is 16.9 Å². The summed E-state index contributed by atoms with van der Waals surface area (Å²) in [4.78, 5) is 1.41. The number of aryl methyl sites for hydroxylation is 1. The summed E-state index contributed by atoms with van der Waals surface area (Å²) < 4.78 is 75.5. The molecule has 5 nitrogen and oxygen atoms in total. The normalized spacial score (nSPS) is 24.7. The van der Waals surface area contributed by atoms with Crippen LogP contribution in [-0.4, -0.2) is 63.1 Å². The van der Waals surface area contributed by atoms with Gasteiger partial charge in [-0.1, -0.05) is 48.5 Å². The summed E-state index contributed by atoms with van der Waals surface area (Å²) in [6.45, 7) is 1.48. The van der Waals surface area contributed by atoms with E-state index in [0.717, 1.165) is 29.5 Å². The Kier molecular flexibility index (Phi) is 8.20. The highest BCUT2D eigenvalue weighted by Gasteiger charge is 2.50. The van der Waals surface area contributed by atoms with E-state index in [1.165, 1.54) is 17.4 Å². The van der Waals surface area contributed by atoms with E-state index in [9.17, 15) is 21.6 Å². The zero-order valence-corrected chi connectivity index (χ0v) is 20.7. The van der Waals surface area contributed by atoms with E-state index in [0.29, 0.717) is 19.3 Å². The van der Waals surface area contributed by atoms with Crippen molar-refractivity contribution in [3.05, 3.63) is 59.7 Å². The molecule has 2 bridgehead atoms.